The van der Waals surface area contributed by atoms with Crippen LogP contribution in [-0.4, -0.2) is 39.3 Å². The molecule has 110 valence electrons. The molecule has 2 N–H and O–H groups in total. The molecular formula is C12H15NO6S. The molecule has 0 saturated carbocycles. The summed E-state index contributed by atoms with van der Waals surface area (Å²) in [5.74, 6) is -0.0470. The average molecular weight is 301 g/mol. The Morgan fingerprint density at radius 2 is 1.95 bits per heavy atom. The molecule has 2 rings (SSSR count). The molecule has 8 heteroatoms. The van der Waals surface area contributed by atoms with Crippen molar-refractivity contribution in [2.24, 2.45) is 0 Å². The molecule has 0 atom stereocenters. The molecular weight excluding hydrogens is 286 g/mol. The second-order valence-corrected chi connectivity index (χ2v) is 5.97. The number of fused-ring (bicyclic) bond motifs is 1. The number of rotatable bonds is 6. The molecule has 0 radical (unpaired) electrons. The van der Waals surface area contributed by atoms with Gasteiger partial charge in [-0.2, -0.15) is 0 Å². The predicted molar refractivity (Wildman–Crippen MR) is 69.5 cm³/mol. The Kier molecular flexibility index (Phi) is 4.46. The van der Waals surface area contributed by atoms with Crippen molar-refractivity contribution in [1.29, 1.82) is 0 Å². The molecule has 0 amide bonds. The van der Waals surface area contributed by atoms with Crippen LogP contribution >= 0.6 is 0 Å². The molecule has 0 unspecified atom stereocenters. The highest BCUT2D eigenvalue weighted by atomic mass is 32.2. The van der Waals surface area contributed by atoms with Gasteiger partial charge in [0.1, 0.15) is 13.2 Å². The van der Waals surface area contributed by atoms with Gasteiger partial charge >= 0.3 is 5.97 Å². The van der Waals surface area contributed by atoms with Crippen LogP contribution in [0.4, 0.5) is 0 Å². The number of hydrogen-bond donors (Lipinski definition) is 2. The lowest BCUT2D eigenvalue weighted by atomic mass is 10.3. The molecule has 1 aromatic rings. The van der Waals surface area contributed by atoms with Crippen molar-refractivity contribution in [3.05, 3.63) is 18.2 Å². The third-order valence-corrected chi connectivity index (χ3v) is 4.14. The zero-order valence-electron chi connectivity index (χ0n) is 10.7. The maximum Gasteiger partial charge on any atom is 0.303 e. The van der Waals surface area contributed by atoms with E-state index in [0.717, 1.165) is 0 Å². The van der Waals surface area contributed by atoms with E-state index in [9.17, 15) is 13.2 Å². The van der Waals surface area contributed by atoms with Crippen LogP contribution in [0.2, 0.25) is 0 Å². The largest absolute Gasteiger partial charge is 0.486 e. The monoisotopic (exact) mass is 301 g/mol. The first kappa shape index (κ1) is 14.6. The van der Waals surface area contributed by atoms with Gasteiger partial charge in [-0.3, -0.25) is 4.79 Å². The fourth-order valence-corrected chi connectivity index (χ4v) is 2.81. The van der Waals surface area contributed by atoms with Crippen LogP contribution < -0.4 is 14.2 Å². The molecule has 7 nitrogen and oxygen atoms in total. The minimum absolute atomic E-state index is 0.0667. The number of sulfonamides is 1. The van der Waals surface area contributed by atoms with Gasteiger partial charge in [0.2, 0.25) is 10.0 Å². The van der Waals surface area contributed by atoms with Crippen LogP contribution in [0.15, 0.2) is 23.1 Å². The Morgan fingerprint density at radius 1 is 1.25 bits per heavy atom. The Labute approximate surface area is 116 Å². The molecule has 1 aromatic carbocycles. The number of ether oxygens (including phenoxy) is 2. The summed E-state index contributed by atoms with van der Waals surface area (Å²) in [4.78, 5) is 10.4. The van der Waals surface area contributed by atoms with Crippen LogP contribution in [-0.2, 0) is 14.8 Å². The standard InChI is InChI=1S/C12H15NO6S/c14-12(15)2-1-5-13-20(16,17)9-3-4-10-11(8-9)19-7-6-18-10/h3-4,8,13H,1-2,5-7H2,(H,14,15). The van der Waals surface area contributed by atoms with E-state index in [1.165, 1.54) is 12.1 Å². The van der Waals surface area contributed by atoms with Crippen molar-refractivity contribution in [3.8, 4) is 11.5 Å². The number of carbonyl (C=O) groups is 1. The van der Waals surface area contributed by atoms with E-state index in [-0.39, 0.29) is 24.3 Å². The highest BCUT2D eigenvalue weighted by Crippen LogP contribution is 2.32. The van der Waals surface area contributed by atoms with Crippen molar-refractivity contribution >= 4 is 16.0 Å². The van der Waals surface area contributed by atoms with Crippen LogP contribution in [0, 0.1) is 0 Å². The number of carboxylic acids is 1. The summed E-state index contributed by atoms with van der Waals surface area (Å²) in [5.41, 5.74) is 0. The van der Waals surface area contributed by atoms with Gasteiger partial charge in [-0.05, 0) is 18.6 Å². The van der Waals surface area contributed by atoms with Crippen LogP contribution in [0.25, 0.3) is 0 Å². The summed E-state index contributed by atoms with van der Waals surface area (Å²) >= 11 is 0. The molecule has 1 aliphatic rings. The maximum atomic E-state index is 12.0. The van der Waals surface area contributed by atoms with E-state index < -0.39 is 16.0 Å². The van der Waals surface area contributed by atoms with Crippen LogP contribution in [0.1, 0.15) is 12.8 Å². The maximum absolute atomic E-state index is 12.0. The SMILES string of the molecule is O=C(O)CCCNS(=O)(=O)c1ccc2c(c1)OCCO2. The molecule has 0 aromatic heterocycles. The van der Waals surface area contributed by atoms with Gasteiger partial charge in [-0.15, -0.1) is 0 Å². The predicted octanol–water partition coefficient (Wildman–Crippen LogP) is 0.601. The van der Waals surface area contributed by atoms with Crippen LogP contribution in [0.3, 0.4) is 0 Å². The first-order valence-electron chi connectivity index (χ1n) is 6.10. The van der Waals surface area contributed by atoms with E-state index in [1.54, 1.807) is 6.07 Å². The first-order chi connectivity index (χ1) is 9.49. The number of aliphatic carboxylic acids is 1. The smallest absolute Gasteiger partial charge is 0.303 e. The fraction of sp³-hybridized carbons (Fsp3) is 0.417. The molecule has 20 heavy (non-hydrogen) atoms. The lowest BCUT2D eigenvalue weighted by Crippen LogP contribution is -2.25. The van der Waals surface area contributed by atoms with Gasteiger partial charge in [-0.1, -0.05) is 0 Å². The zero-order valence-corrected chi connectivity index (χ0v) is 11.5. The Balaban J connectivity index is 2.03. The lowest BCUT2D eigenvalue weighted by Gasteiger charge is -2.18. The summed E-state index contributed by atoms with van der Waals surface area (Å²) in [6.45, 7) is 0.887. The number of carboxylic acid groups (broad SMARTS) is 1. The van der Waals surface area contributed by atoms with Gasteiger partial charge in [0.15, 0.2) is 11.5 Å². The number of hydrogen-bond acceptors (Lipinski definition) is 5. The van der Waals surface area contributed by atoms with Crippen molar-refractivity contribution in [2.75, 3.05) is 19.8 Å². The van der Waals surface area contributed by atoms with Crippen LogP contribution in [0.5, 0.6) is 11.5 Å². The summed E-state index contributed by atoms with van der Waals surface area (Å²) in [5, 5.41) is 8.48. The molecule has 0 aliphatic carbocycles. The minimum Gasteiger partial charge on any atom is -0.486 e. The Hall–Kier alpha value is -1.80. The first-order valence-corrected chi connectivity index (χ1v) is 7.58. The van der Waals surface area contributed by atoms with E-state index in [2.05, 4.69) is 4.72 Å². The van der Waals surface area contributed by atoms with Gasteiger partial charge in [0.25, 0.3) is 0 Å². The van der Waals surface area contributed by atoms with Gasteiger partial charge in [0, 0.05) is 19.0 Å². The van der Waals surface area contributed by atoms with E-state index in [1.807, 2.05) is 0 Å². The molecule has 0 spiro atoms. The molecule has 0 fully saturated rings. The second kappa shape index (κ2) is 6.10. The average Bonchev–Trinajstić information content (AvgIpc) is 2.43. The molecule has 0 bridgehead atoms. The molecule has 1 aliphatic heterocycles. The number of benzene rings is 1. The quantitative estimate of drug-likeness (QED) is 0.746. The zero-order chi connectivity index (χ0) is 14.6. The van der Waals surface area contributed by atoms with Crippen molar-refractivity contribution < 1.29 is 27.8 Å². The highest BCUT2D eigenvalue weighted by Gasteiger charge is 2.18. The van der Waals surface area contributed by atoms with E-state index in [4.69, 9.17) is 14.6 Å². The minimum atomic E-state index is -3.67. The molecule has 1 heterocycles. The summed E-state index contributed by atoms with van der Waals surface area (Å²) in [6.07, 6.45) is 0.156. The topological polar surface area (TPSA) is 102 Å². The third-order valence-electron chi connectivity index (χ3n) is 2.68. The summed E-state index contributed by atoms with van der Waals surface area (Å²) in [7, 11) is -3.67. The fourth-order valence-electron chi connectivity index (χ4n) is 1.72. The van der Waals surface area contributed by atoms with Crippen molar-refractivity contribution in [1.82, 2.24) is 4.72 Å². The number of nitrogens with one attached hydrogen (secondary N) is 1. The van der Waals surface area contributed by atoms with E-state index >= 15 is 0 Å². The van der Waals surface area contributed by atoms with Gasteiger partial charge in [-0.25, -0.2) is 13.1 Å². The second-order valence-electron chi connectivity index (χ2n) is 4.20. The normalized spacial score (nSPS) is 14.0. The Morgan fingerprint density at radius 3 is 2.65 bits per heavy atom. The lowest BCUT2D eigenvalue weighted by molar-refractivity contribution is -0.137. The Bertz CT molecular complexity index is 598. The van der Waals surface area contributed by atoms with Gasteiger partial charge in [0.05, 0.1) is 4.90 Å². The van der Waals surface area contributed by atoms with Crippen molar-refractivity contribution in [3.63, 3.8) is 0 Å². The van der Waals surface area contributed by atoms with E-state index in [0.29, 0.717) is 24.7 Å². The summed E-state index contributed by atoms with van der Waals surface area (Å²) in [6, 6.07) is 4.36. The summed E-state index contributed by atoms with van der Waals surface area (Å²) < 4.78 is 37.0. The molecule has 0 saturated heterocycles. The van der Waals surface area contributed by atoms with Crippen molar-refractivity contribution in [2.45, 2.75) is 17.7 Å². The van der Waals surface area contributed by atoms with Gasteiger partial charge < -0.3 is 14.6 Å². The third kappa shape index (κ3) is 3.61. The highest BCUT2D eigenvalue weighted by molar-refractivity contribution is 7.89.